The lowest BCUT2D eigenvalue weighted by atomic mass is 9.76. The van der Waals surface area contributed by atoms with E-state index in [0.717, 1.165) is 50.3 Å². The van der Waals surface area contributed by atoms with E-state index >= 15 is 0 Å². The Morgan fingerprint density at radius 2 is 1.87 bits per heavy atom. The minimum Gasteiger partial charge on any atom is -0.339 e. The molecule has 5 rings (SSSR count). The van der Waals surface area contributed by atoms with Gasteiger partial charge in [0.05, 0.1) is 11.6 Å². The summed E-state index contributed by atoms with van der Waals surface area (Å²) in [6, 6.07) is 9.98. The quantitative estimate of drug-likeness (QED) is 0.663. The lowest BCUT2D eigenvalue weighted by molar-refractivity contribution is 0.0592. The Bertz CT molecular complexity index is 1010. The molecule has 1 spiro atoms. The van der Waals surface area contributed by atoms with Crippen molar-refractivity contribution in [3.8, 4) is 11.5 Å². The fraction of sp³-hybridized carbons (Fsp3) is 0.409. The highest BCUT2D eigenvalue weighted by Gasteiger charge is 2.46. The summed E-state index contributed by atoms with van der Waals surface area (Å²) in [5.74, 6) is 1.32. The third kappa shape index (κ3) is 3.47. The third-order valence-electron chi connectivity index (χ3n) is 6.42. The van der Waals surface area contributed by atoms with Gasteiger partial charge in [-0.05, 0) is 43.9 Å². The minimum atomic E-state index is 0.0130. The standard InChI is InChI=1S/C22H24N6O2/c1-27-14-22(7-9-28(10-8-22)21(29)17-12-23-15-24-13-17)11-18(27)19-25-20(30-26-19)16-5-3-2-4-6-16/h2-6,12-13,15,18H,7-11,14H2,1H3. The van der Waals surface area contributed by atoms with E-state index in [4.69, 9.17) is 4.52 Å². The van der Waals surface area contributed by atoms with E-state index in [9.17, 15) is 4.79 Å². The molecule has 0 saturated carbocycles. The van der Waals surface area contributed by atoms with E-state index in [1.54, 1.807) is 12.4 Å². The summed E-state index contributed by atoms with van der Waals surface area (Å²) in [7, 11) is 2.12. The van der Waals surface area contributed by atoms with Crippen molar-refractivity contribution in [1.29, 1.82) is 0 Å². The second-order valence-electron chi connectivity index (χ2n) is 8.38. The van der Waals surface area contributed by atoms with Crippen LogP contribution in [0, 0.1) is 5.41 Å². The van der Waals surface area contributed by atoms with Gasteiger partial charge in [0.1, 0.15) is 6.33 Å². The fourth-order valence-corrected chi connectivity index (χ4v) is 4.76. The third-order valence-corrected chi connectivity index (χ3v) is 6.42. The summed E-state index contributed by atoms with van der Waals surface area (Å²) in [6.45, 7) is 2.47. The van der Waals surface area contributed by atoms with Crippen LogP contribution in [0.25, 0.3) is 11.5 Å². The molecule has 4 heterocycles. The topological polar surface area (TPSA) is 88.2 Å². The molecule has 2 aromatic heterocycles. The van der Waals surface area contributed by atoms with E-state index in [1.807, 2.05) is 35.2 Å². The van der Waals surface area contributed by atoms with Gasteiger partial charge in [0.15, 0.2) is 5.82 Å². The Labute approximate surface area is 174 Å². The number of benzene rings is 1. The molecular formula is C22H24N6O2. The number of likely N-dealkylation sites (tertiary alicyclic amines) is 2. The highest BCUT2D eigenvalue weighted by Crippen LogP contribution is 2.48. The van der Waals surface area contributed by atoms with Gasteiger partial charge in [-0.2, -0.15) is 4.98 Å². The molecule has 8 nitrogen and oxygen atoms in total. The van der Waals surface area contributed by atoms with Gasteiger partial charge in [-0.3, -0.25) is 9.69 Å². The van der Waals surface area contributed by atoms with Gasteiger partial charge >= 0.3 is 0 Å². The number of carbonyl (C=O) groups is 1. The fourth-order valence-electron chi connectivity index (χ4n) is 4.76. The van der Waals surface area contributed by atoms with Crippen molar-refractivity contribution in [1.82, 2.24) is 29.9 Å². The monoisotopic (exact) mass is 404 g/mol. The maximum atomic E-state index is 12.7. The molecule has 3 aromatic rings. The van der Waals surface area contributed by atoms with Crippen LogP contribution in [0.1, 0.15) is 41.5 Å². The van der Waals surface area contributed by atoms with Gasteiger partial charge in [-0.1, -0.05) is 23.4 Å². The first kappa shape index (κ1) is 18.9. The molecule has 2 aliphatic rings. The summed E-state index contributed by atoms with van der Waals surface area (Å²) in [5.41, 5.74) is 1.66. The Balaban J connectivity index is 1.26. The smallest absolute Gasteiger partial charge is 0.257 e. The molecule has 1 aromatic carbocycles. The first-order valence-electron chi connectivity index (χ1n) is 10.3. The number of piperidine rings is 1. The molecule has 0 aliphatic carbocycles. The highest BCUT2D eigenvalue weighted by molar-refractivity contribution is 5.93. The number of hydrogen-bond acceptors (Lipinski definition) is 7. The van der Waals surface area contributed by atoms with Crippen molar-refractivity contribution in [2.24, 2.45) is 5.41 Å². The zero-order valence-electron chi connectivity index (χ0n) is 16.9. The molecule has 0 bridgehead atoms. The maximum absolute atomic E-state index is 12.7. The lowest BCUT2D eigenvalue weighted by Crippen LogP contribution is -2.44. The molecular weight excluding hydrogens is 380 g/mol. The van der Waals surface area contributed by atoms with Gasteiger partial charge in [0.25, 0.3) is 11.8 Å². The van der Waals surface area contributed by atoms with E-state index in [1.165, 1.54) is 6.33 Å². The Kier molecular flexibility index (Phi) is 4.78. The van der Waals surface area contributed by atoms with Crippen LogP contribution in [-0.2, 0) is 0 Å². The molecule has 2 fully saturated rings. The number of nitrogens with zero attached hydrogens (tertiary/aromatic N) is 6. The number of aromatic nitrogens is 4. The lowest BCUT2D eigenvalue weighted by Gasteiger charge is -2.39. The Hall–Kier alpha value is -3.13. The number of hydrogen-bond donors (Lipinski definition) is 0. The molecule has 0 N–H and O–H groups in total. The molecule has 154 valence electrons. The minimum absolute atomic E-state index is 0.0130. The second kappa shape index (κ2) is 7.60. The molecule has 2 saturated heterocycles. The normalized spacial score (nSPS) is 21.2. The molecule has 30 heavy (non-hydrogen) atoms. The van der Waals surface area contributed by atoms with Crippen molar-refractivity contribution < 1.29 is 9.32 Å². The maximum Gasteiger partial charge on any atom is 0.257 e. The summed E-state index contributed by atoms with van der Waals surface area (Å²) in [6.07, 6.45) is 7.53. The van der Waals surface area contributed by atoms with Crippen LogP contribution in [0.15, 0.2) is 53.6 Å². The summed E-state index contributed by atoms with van der Waals surface area (Å²) < 4.78 is 5.53. The largest absolute Gasteiger partial charge is 0.339 e. The molecule has 1 atom stereocenters. The van der Waals surface area contributed by atoms with Crippen LogP contribution in [0.4, 0.5) is 0 Å². The molecule has 2 aliphatic heterocycles. The zero-order chi connectivity index (χ0) is 20.6. The molecule has 8 heteroatoms. The van der Waals surface area contributed by atoms with Crippen molar-refractivity contribution in [3.05, 3.63) is 60.4 Å². The van der Waals surface area contributed by atoms with Gasteiger partial charge < -0.3 is 9.42 Å². The average Bonchev–Trinajstić information content (AvgIpc) is 3.40. The summed E-state index contributed by atoms with van der Waals surface area (Å²) in [5, 5.41) is 4.28. The SMILES string of the molecule is CN1CC2(CCN(C(=O)c3cncnc3)CC2)CC1c1noc(-c2ccccc2)n1. The Morgan fingerprint density at radius 3 is 2.60 bits per heavy atom. The van der Waals surface area contributed by atoms with E-state index in [-0.39, 0.29) is 17.4 Å². The van der Waals surface area contributed by atoms with Gasteiger partial charge in [0.2, 0.25) is 0 Å². The van der Waals surface area contributed by atoms with E-state index in [0.29, 0.717) is 11.5 Å². The van der Waals surface area contributed by atoms with Crippen LogP contribution < -0.4 is 0 Å². The first-order valence-corrected chi connectivity index (χ1v) is 10.3. The highest BCUT2D eigenvalue weighted by atomic mass is 16.5. The van der Waals surface area contributed by atoms with Crippen LogP contribution >= 0.6 is 0 Å². The first-order chi connectivity index (χ1) is 14.6. The van der Waals surface area contributed by atoms with Crippen molar-refractivity contribution >= 4 is 5.91 Å². The van der Waals surface area contributed by atoms with E-state index < -0.39 is 0 Å². The van der Waals surface area contributed by atoms with Crippen LogP contribution in [0.5, 0.6) is 0 Å². The van der Waals surface area contributed by atoms with Crippen LogP contribution in [0.2, 0.25) is 0 Å². The van der Waals surface area contributed by atoms with Crippen molar-refractivity contribution in [2.45, 2.75) is 25.3 Å². The molecule has 0 radical (unpaired) electrons. The zero-order valence-corrected chi connectivity index (χ0v) is 16.9. The van der Waals surface area contributed by atoms with Crippen LogP contribution in [0.3, 0.4) is 0 Å². The van der Waals surface area contributed by atoms with Gasteiger partial charge in [-0.15, -0.1) is 0 Å². The van der Waals surface area contributed by atoms with Crippen molar-refractivity contribution in [3.63, 3.8) is 0 Å². The van der Waals surface area contributed by atoms with Crippen LogP contribution in [-0.4, -0.2) is 62.5 Å². The van der Waals surface area contributed by atoms with Crippen molar-refractivity contribution in [2.75, 3.05) is 26.7 Å². The molecule has 1 unspecified atom stereocenters. The van der Waals surface area contributed by atoms with Gasteiger partial charge in [0, 0.05) is 37.6 Å². The predicted molar refractivity (Wildman–Crippen MR) is 109 cm³/mol. The molecule has 1 amide bonds. The predicted octanol–water partition coefficient (Wildman–Crippen LogP) is 2.83. The number of rotatable bonds is 3. The summed E-state index contributed by atoms with van der Waals surface area (Å²) >= 11 is 0. The average molecular weight is 404 g/mol. The number of carbonyl (C=O) groups excluding carboxylic acids is 1. The number of amides is 1. The Morgan fingerprint density at radius 1 is 1.13 bits per heavy atom. The second-order valence-corrected chi connectivity index (χ2v) is 8.38. The van der Waals surface area contributed by atoms with E-state index in [2.05, 4.69) is 32.1 Å². The summed E-state index contributed by atoms with van der Waals surface area (Å²) in [4.78, 5) is 29.5. The van der Waals surface area contributed by atoms with Gasteiger partial charge in [-0.25, -0.2) is 9.97 Å².